The molecule has 96 valence electrons. The Morgan fingerprint density at radius 2 is 1.56 bits per heavy atom. The Labute approximate surface area is 101 Å². The fraction of sp³-hybridized carbons (Fsp3) is 1.00. The Hall–Kier alpha value is -0.0800. The lowest BCUT2D eigenvalue weighted by atomic mass is 10.1. The molecule has 0 aromatic heterocycles. The summed E-state index contributed by atoms with van der Waals surface area (Å²) in [5.41, 5.74) is 0.0835. The summed E-state index contributed by atoms with van der Waals surface area (Å²) in [7, 11) is 0. The number of unbranched alkanes of at least 4 members (excludes halogenated alkanes) is 6. The fourth-order valence-corrected chi connectivity index (χ4v) is 1.92. The second-order valence-corrected chi connectivity index (χ2v) is 5.41. The van der Waals surface area contributed by atoms with Crippen molar-refractivity contribution >= 4 is 0 Å². The first-order chi connectivity index (χ1) is 7.67. The van der Waals surface area contributed by atoms with Gasteiger partial charge in [0.25, 0.3) is 0 Å². The van der Waals surface area contributed by atoms with Crippen molar-refractivity contribution < 1.29 is 9.47 Å². The monoisotopic (exact) mass is 228 g/mol. The minimum absolute atomic E-state index is 0.0835. The van der Waals surface area contributed by atoms with E-state index in [4.69, 9.17) is 9.47 Å². The van der Waals surface area contributed by atoms with Crippen LogP contribution in [0.2, 0.25) is 0 Å². The van der Waals surface area contributed by atoms with Crippen LogP contribution in [0.15, 0.2) is 0 Å². The highest BCUT2D eigenvalue weighted by molar-refractivity contribution is 4.94. The Bertz CT molecular complexity index is 178. The average molecular weight is 228 g/mol. The number of rotatable bonds is 10. The number of epoxide rings is 1. The molecule has 1 aliphatic heterocycles. The number of hydrogen-bond donors (Lipinski definition) is 0. The average Bonchev–Trinajstić information content (AvgIpc) is 2.84. The summed E-state index contributed by atoms with van der Waals surface area (Å²) in [6.45, 7) is 8.19. The predicted molar refractivity (Wildman–Crippen MR) is 67.8 cm³/mol. The van der Waals surface area contributed by atoms with Gasteiger partial charge in [0.05, 0.1) is 12.2 Å². The van der Waals surface area contributed by atoms with Gasteiger partial charge in [0, 0.05) is 6.61 Å². The van der Waals surface area contributed by atoms with Gasteiger partial charge in [-0.3, -0.25) is 0 Å². The highest BCUT2D eigenvalue weighted by Gasteiger charge is 2.47. The van der Waals surface area contributed by atoms with Gasteiger partial charge in [0.2, 0.25) is 0 Å². The number of ether oxygens (including phenoxy) is 2. The first-order valence-electron chi connectivity index (χ1n) is 6.92. The summed E-state index contributed by atoms with van der Waals surface area (Å²) in [6.07, 6.45) is 9.77. The Kier molecular flexibility index (Phi) is 6.37. The maximum absolute atomic E-state index is 5.60. The van der Waals surface area contributed by atoms with Gasteiger partial charge in [-0.15, -0.1) is 0 Å². The lowest BCUT2D eigenvalue weighted by Gasteiger charge is -2.03. The zero-order chi connectivity index (χ0) is 11.9. The molecule has 2 nitrogen and oxygen atoms in total. The van der Waals surface area contributed by atoms with Crippen LogP contribution in [-0.2, 0) is 9.47 Å². The summed E-state index contributed by atoms with van der Waals surface area (Å²) in [4.78, 5) is 0. The zero-order valence-electron chi connectivity index (χ0n) is 11.3. The molecular formula is C14H28O2. The topological polar surface area (TPSA) is 21.8 Å². The minimum atomic E-state index is 0.0835. The van der Waals surface area contributed by atoms with Crippen molar-refractivity contribution in [1.29, 1.82) is 0 Å². The van der Waals surface area contributed by atoms with Crippen LogP contribution in [0.4, 0.5) is 0 Å². The van der Waals surface area contributed by atoms with Crippen molar-refractivity contribution in [2.75, 3.05) is 13.2 Å². The van der Waals surface area contributed by atoms with E-state index in [0.717, 1.165) is 13.2 Å². The van der Waals surface area contributed by atoms with Gasteiger partial charge >= 0.3 is 0 Å². The quantitative estimate of drug-likeness (QED) is 0.417. The molecule has 1 aliphatic rings. The predicted octanol–water partition coefficient (Wildman–Crippen LogP) is 3.93. The van der Waals surface area contributed by atoms with E-state index in [1.165, 1.54) is 44.9 Å². The van der Waals surface area contributed by atoms with Crippen molar-refractivity contribution in [3.63, 3.8) is 0 Å². The highest BCUT2D eigenvalue weighted by atomic mass is 16.6. The molecule has 1 saturated heterocycles. The minimum Gasteiger partial charge on any atom is -0.379 e. The molecule has 0 bridgehead atoms. The maximum atomic E-state index is 5.60. The molecule has 1 heterocycles. The Morgan fingerprint density at radius 1 is 1.00 bits per heavy atom. The van der Waals surface area contributed by atoms with Crippen molar-refractivity contribution in [3.8, 4) is 0 Å². The van der Waals surface area contributed by atoms with E-state index in [0.29, 0.717) is 6.10 Å². The van der Waals surface area contributed by atoms with Crippen LogP contribution >= 0.6 is 0 Å². The van der Waals surface area contributed by atoms with E-state index in [1.807, 2.05) is 0 Å². The van der Waals surface area contributed by atoms with Crippen LogP contribution in [-0.4, -0.2) is 24.9 Å². The van der Waals surface area contributed by atoms with Crippen LogP contribution < -0.4 is 0 Å². The standard InChI is InChI=1S/C14H28O2/c1-4-5-6-7-8-9-10-11-15-12-13-14(2,3)16-13/h13H,4-12H2,1-3H3. The van der Waals surface area contributed by atoms with Crippen molar-refractivity contribution in [1.82, 2.24) is 0 Å². The lowest BCUT2D eigenvalue weighted by Crippen LogP contribution is -2.10. The third-order valence-corrected chi connectivity index (χ3v) is 3.33. The maximum Gasteiger partial charge on any atom is 0.110 e. The van der Waals surface area contributed by atoms with E-state index in [-0.39, 0.29) is 5.60 Å². The zero-order valence-corrected chi connectivity index (χ0v) is 11.3. The summed E-state index contributed by atoms with van der Waals surface area (Å²) in [5, 5.41) is 0. The molecule has 0 saturated carbocycles. The Balaban J connectivity index is 1.72. The van der Waals surface area contributed by atoms with Gasteiger partial charge in [-0.1, -0.05) is 45.4 Å². The first kappa shape index (κ1) is 14.0. The smallest absolute Gasteiger partial charge is 0.110 e. The third kappa shape index (κ3) is 5.86. The van der Waals surface area contributed by atoms with Crippen molar-refractivity contribution in [2.24, 2.45) is 0 Å². The van der Waals surface area contributed by atoms with Crippen molar-refractivity contribution in [3.05, 3.63) is 0 Å². The summed E-state index contributed by atoms with van der Waals surface area (Å²) in [5.74, 6) is 0. The molecule has 0 aromatic rings. The second kappa shape index (κ2) is 7.29. The van der Waals surface area contributed by atoms with E-state index in [1.54, 1.807) is 0 Å². The summed E-state index contributed by atoms with van der Waals surface area (Å²) >= 11 is 0. The van der Waals surface area contributed by atoms with Crippen LogP contribution in [0.5, 0.6) is 0 Å². The molecule has 0 spiro atoms. The van der Waals surface area contributed by atoms with Crippen LogP contribution in [0.1, 0.15) is 65.7 Å². The lowest BCUT2D eigenvalue weighted by molar-refractivity contribution is 0.113. The SMILES string of the molecule is CCCCCCCCCOCC1OC1(C)C. The van der Waals surface area contributed by atoms with Gasteiger partial charge in [-0.05, 0) is 20.3 Å². The molecule has 0 amide bonds. The second-order valence-electron chi connectivity index (χ2n) is 5.41. The van der Waals surface area contributed by atoms with Gasteiger partial charge in [0.1, 0.15) is 6.10 Å². The third-order valence-electron chi connectivity index (χ3n) is 3.33. The normalized spacial score (nSPS) is 22.3. The van der Waals surface area contributed by atoms with Crippen LogP contribution in [0, 0.1) is 0 Å². The molecule has 16 heavy (non-hydrogen) atoms. The van der Waals surface area contributed by atoms with Crippen LogP contribution in [0.25, 0.3) is 0 Å². The highest BCUT2D eigenvalue weighted by Crippen LogP contribution is 2.35. The molecule has 1 atom stereocenters. The van der Waals surface area contributed by atoms with E-state index in [9.17, 15) is 0 Å². The molecule has 0 aromatic carbocycles. The van der Waals surface area contributed by atoms with E-state index < -0.39 is 0 Å². The van der Waals surface area contributed by atoms with Gasteiger partial charge in [-0.2, -0.15) is 0 Å². The molecule has 1 unspecified atom stereocenters. The molecule has 0 aliphatic carbocycles. The molecule has 0 radical (unpaired) electrons. The Morgan fingerprint density at radius 3 is 2.12 bits per heavy atom. The summed E-state index contributed by atoms with van der Waals surface area (Å²) in [6, 6.07) is 0. The molecule has 2 heteroatoms. The molecular weight excluding hydrogens is 200 g/mol. The largest absolute Gasteiger partial charge is 0.379 e. The van der Waals surface area contributed by atoms with E-state index >= 15 is 0 Å². The van der Waals surface area contributed by atoms with Crippen LogP contribution in [0.3, 0.4) is 0 Å². The van der Waals surface area contributed by atoms with Crippen molar-refractivity contribution in [2.45, 2.75) is 77.4 Å². The van der Waals surface area contributed by atoms with Gasteiger partial charge in [-0.25, -0.2) is 0 Å². The van der Waals surface area contributed by atoms with Gasteiger partial charge in [0.15, 0.2) is 0 Å². The molecule has 0 N–H and O–H groups in total. The first-order valence-corrected chi connectivity index (χ1v) is 6.92. The summed E-state index contributed by atoms with van der Waals surface area (Å²) < 4.78 is 11.0. The fourth-order valence-electron chi connectivity index (χ4n) is 1.92. The molecule has 1 fully saturated rings. The van der Waals surface area contributed by atoms with Gasteiger partial charge < -0.3 is 9.47 Å². The number of hydrogen-bond acceptors (Lipinski definition) is 2. The molecule has 1 rings (SSSR count). The van der Waals surface area contributed by atoms with E-state index in [2.05, 4.69) is 20.8 Å².